The quantitative estimate of drug-likeness (QED) is 0.773. The lowest BCUT2D eigenvalue weighted by Gasteiger charge is -1.97. The van der Waals surface area contributed by atoms with Crippen LogP contribution in [0.4, 0.5) is 13.2 Å². The zero-order valence-corrected chi connectivity index (χ0v) is 7.80. The molecule has 0 spiro atoms. The van der Waals surface area contributed by atoms with Crippen LogP contribution in [0.25, 0.3) is 0 Å². The van der Waals surface area contributed by atoms with Gasteiger partial charge in [0, 0.05) is 0 Å². The number of hydrogen-bond donors (Lipinski definition) is 1. The van der Waals surface area contributed by atoms with Gasteiger partial charge in [-0.15, -0.1) is 0 Å². The zero-order chi connectivity index (χ0) is 11.1. The molecule has 0 radical (unpaired) electrons. The zero-order valence-electron chi connectivity index (χ0n) is 7.80. The van der Waals surface area contributed by atoms with Gasteiger partial charge in [0.1, 0.15) is 0 Å². The normalized spacial score (nSPS) is 30.6. The molecule has 0 saturated heterocycles. The maximum absolute atomic E-state index is 12.5. The van der Waals surface area contributed by atoms with Gasteiger partial charge in [0.05, 0.1) is 5.92 Å². The molecule has 5 heteroatoms. The molecule has 1 rings (SSSR count). The van der Waals surface area contributed by atoms with E-state index in [1.165, 1.54) is 0 Å². The first-order valence-corrected chi connectivity index (χ1v) is 4.16. The smallest absolute Gasteiger partial charge is 0.307 e. The van der Waals surface area contributed by atoms with Crippen LogP contribution in [0.3, 0.4) is 0 Å². The van der Waals surface area contributed by atoms with Gasteiger partial charge < -0.3 is 5.11 Å². The SMILES string of the molecule is CC1(C)C(/C=C(\F)C(F)F)C1C(=O)O. The van der Waals surface area contributed by atoms with E-state index in [0.29, 0.717) is 0 Å². The number of halogens is 3. The summed E-state index contributed by atoms with van der Waals surface area (Å²) in [7, 11) is 0. The predicted molar refractivity (Wildman–Crippen MR) is 43.6 cm³/mol. The Morgan fingerprint density at radius 1 is 1.50 bits per heavy atom. The minimum atomic E-state index is -3.15. The van der Waals surface area contributed by atoms with E-state index in [9.17, 15) is 18.0 Å². The maximum atomic E-state index is 12.5. The van der Waals surface area contributed by atoms with Crippen LogP contribution in [-0.4, -0.2) is 17.5 Å². The third kappa shape index (κ3) is 1.76. The average molecular weight is 208 g/mol. The first-order valence-electron chi connectivity index (χ1n) is 4.16. The molecule has 0 aliphatic heterocycles. The number of carbonyl (C=O) groups is 1. The molecule has 2 unspecified atom stereocenters. The summed E-state index contributed by atoms with van der Waals surface area (Å²) in [6.45, 7) is 3.23. The van der Waals surface area contributed by atoms with E-state index < -0.39 is 35.5 Å². The van der Waals surface area contributed by atoms with Crippen molar-refractivity contribution in [2.24, 2.45) is 17.3 Å². The maximum Gasteiger partial charge on any atom is 0.307 e. The van der Waals surface area contributed by atoms with Gasteiger partial charge in [0.15, 0.2) is 5.83 Å². The van der Waals surface area contributed by atoms with Crippen LogP contribution in [0, 0.1) is 17.3 Å². The molecular weight excluding hydrogens is 197 g/mol. The monoisotopic (exact) mass is 208 g/mol. The summed E-state index contributed by atoms with van der Waals surface area (Å²) in [5.74, 6) is -3.99. The third-order valence-corrected chi connectivity index (χ3v) is 2.72. The van der Waals surface area contributed by atoms with Gasteiger partial charge in [-0.2, -0.15) is 0 Å². The van der Waals surface area contributed by atoms with Crippen molar-refractivity contribution in [3.63, 3.8) is 0 Å². The Hall–Kier alpha value is -1.00. The summed E-state index contributed by atoms with van der Waals surface area (Å²) in [4.78, 5) is 10.6. The van der Waals surface area contributed by atoms with Crippen molar-refractivity contribution < 1.29 is 23.1 Å². The van der Waals surface area contributed by atoms with Crippen LogP contribution in [0.2, 0.25) is 0 Å². The summed E-state index contributed by atoms with van der Waals surface area (Å²) in [5, 5.41) is 8.67. The van der Waals surface area contributed by atoms with Crippen LogP contribution in [0.15, 0.2) is 11.9 Å². The first kappa shape index (κ1) is 11.1. The Morgan fingerprint density at radius 2 is 2.00 bits per heavy atom. The van der Waals surface area contributed by atoms with Gasteiger partial charge in [0.2, 0.25) is 0 Å². The summed E-state index contributed by atoms with van der Waals surface area (Å²) < 4.78 is 36.1. The summed E-state index contributed by atoms with van der Waals surface area (Å²) in [6, 6.07) is 0. The molecule has 14 heavy (non-hydrogen) atoms. The van der Waals surface area contributed by atoms with Gasteiger partial charge in [0.25, 0.3) is 6.43 Å². The number of carboxylic acids is 1. The van der Waals surface area contributed by atoms with Gasteiger partial charge in [-0.3, -0.25) is 4.79 Å². The Labute approximate surface area is 79.4 Å². The fraction of sp³-hybridized carbons (Fsp3) is 0.667. The van der Waals surface area contributed by atoms with E-state index >= 15 is 0 Å². The Balaban J connectivity index is 2.75. The lowest BCUT2D eigenvalue weighted by atomic mass is 10.1. The number of allylic oxidation sites excluding steroid dienone is 2. The number of carboxylic acid groups (broad SMARTS) is 1. The fourth-order valence-electron chi connectivity index (χ4n) is 1.70. The molecule has 1 saturated carbocycles. The highest BCUT2D eigenvalue weighted by Gasteiger charge is 2.61. The van der Waals surface area contributed by atoms with Crippen LogP contribution in [-0.2, 0) is 4.79 Å². The Kier molecular flexibility index (Phi) is 2.61. The molecule has 0 aromatic heterocycles. The van der Waals surface area contributed by atoms with Crippen molar-refractivity contribution in [2.45, 2.75) is 20.3 Å². The summed E-state index contributed by atoms with van der Waals surface area (Å²) in [6.07, 6.45) is -2.43. The van der Waals surface area contributed by atoms with Crippen molar-refractivity contribution >= 4 is 5.97 Å². The van der Waals surface area contributed by atoms with E-state index in [1.54, 1.807) is 13.8 Å². The van der Waals surface area contributed by atoms with Gasteiger partial charge in [-0.25, -0.2) is 13.2 Å². The van der Waals surface area contributed by atoms with Gasteiger partial charge in [-0.05, 0) is 17.4 Å². The number of aliphatic carboxylic acids is 1. The third-order valence-electron chi connectivity index (χ3n) is 2.72. The summed E-state index contributed by atoms with van der Waals surface area (Å²) >= 11 is 0. The number of hydrogen-bond acceptors (Lipinski definition) is 1. The van der Waals surface area contributed by atoms with E-state index in [4.69, 9.17) is 5.11 Å². The van der Waals surface area contributed by atoms with Crippen molar-refractivity contribution in [3.05, 3.63) is 11.9 Å². The molecule has 80 valence electrons. The highest BCUT2D eigenvalue weighted by molar-refractivity contribution is 5.76. The lowest BCUT2D eigenvalue weighted by Crippen LogP contribution is -2.03. The first-order chi connectivity index (χ1) is 6.28. The second-order valence-electron chi connectivity index (χ2n) is 4.02. The Morgan fingerprint density at radius 3 is 2.29 bits per heavy atom. The second kappa shape index (κ2) is 3.29. The molecule has 0 aromatic carbocycles. The van der Waals surface area contributed by atoms with E-state index in [0.717, 1.165) is 6.08 Å². The molecule has 0 amide bonds. The molecule has 0 aromatic rings. The van der Waals surface area contributed by atoms with E-state index in [-0.39, 0.29) is 0 Å². The van der Waals surface area contributed by atoms with Crippen molar-refractivity contribution in [2.75, 3.05) is 0 Å². The van der Waals surface area contributed by atoms with Crippen molar-refractivity contribution in [3.8, 4) is 0 Å². The average Bonchev–Trinajstić information content (AvgIpc) is 2.52. The van der Waals surface area contributed by atoms with Gasteiger partial charge in [-0.1, -0.05) is 13.8 Å². The van der Waals surface area contributed by atoms with Gasteiger partial charge >= 0.3 is 5.97 Å². The van der Waals surface area contributed by atoms with Crippen LogP contribution in [0.1, 0.15) is 13.8 Å². The minimum Gasteiger partial charge on any atom is -0.481 e. The molecule has 2 nitrogen and oxygen atoms in total. The van der Waals surface area contributed by atoms with Crippen molar-refractivity contribution in [1.29, 1.82) is 0 Å². The molecule has 0 bridgehead atoms. The molecule has 2 atom stereocenters. The Bertz CT molecular complexity index is 284. The second-order valence-corrected chi connectivity index (χ2v) is 4.02. The highest BCUT2D eigenvalue weighted by atomic mass is 19.3. The van der Waals surface area contributed by atoms with E-state index in [2.05, 4.69) is 0 Å². The molecular formula is C9H11F3O2. The molecule has 1 aliphatic carbocycles. The standard InChI is InChI=1S/C9H11F3O2/c1-9(2)4(6(9)8(13)14)3-5(10)7(11)12/h3-4,6-7H,1-2H3,(H,13,14)/b5-3-. The summed E-state index contributed by atoms with van der Waals surface area (Å²) in [5.41, 5.74) is -0.627. The molecule has 1 N–H and O–H groups in total. The van der Waals surface area contributed by atoms with Crippen LogP contribution < -0.4 is 0 Å². The van der Waals surface area contributed by atoms with Crippen molar-refractivity contribution in [1.82, 2.24) is 0 Å². The molecule has 1 aliphatic rings. The topological polar surface area (TPSA) is 37.3 Å². The lowest BCUT2D eigenvalue weighted by molar-refractivity contribution is -0.139. The van der Waals surface area contributed by atoms with E-state index in [1.807, 2.05) is 0 Å². The van der Waals surface area contributed by atoms with Crippen LogP contribution >= 0.6 is 0 Å². The fourth-order valence-corrected chi connectivity index (χ4v) is 1.70. The van der Waals surface area contributed by atoms with Crippen LogP contribution in [0.5, 0.6) is 0 Å². The number of rotatable bonds is 3. The predicted octanol–water partition coefficient (Wildman–Crippen LogP) is 2.46. The largest absolute Gasteiger partial charge is 0.481 e. The number of alkyl halides is 2. The highest BCUT2D eigenvalue weighted by Crippen LogP contribution is 2.59. The molecule has 0 heterocycles. The minimum absolute atomic E-state index is 0.627. The molecule has 1 fully saturated rings.